The number of aromatic hydroxyl groups is 1. The highest BCUT2D eigenvalue weighted by Gasteiger charge is 2.27. The number of thiophene rings is 1. The molecule has 2 aromatic heterocycles. The largest absolute Gasteiger partial charge is 0.508 e. The van der Waals surface area contributed by atoms with E-state index in [4.69, 9.17) is 22.9 Å². The summed E-state index contributed by atoms with van der Waals surface area (Å²) in [5, 5.41) is 18.9. The first-order chi connectivity index (χ1) is 12.7. The molecule has 0 bridgehead atoms. The quantitative estimate of drug-likeness (QED) is 0.665. The highest BCUT2D eigenvalue weighted by molar-refractivity contribution is 7.20. The monoisotopic (exact) mass is 387 g/mol. The standard InChI is InChI=1S/C17H14ClN5O2S/c1-19-14-13(11-3-2-10(24)8-12(11)18)15(16-20-9-21-22-16)26-17(14)23-4-6-25-7-5-23/h2-3,8-9,24H,4-7H2,(H,20,21,22). The Hall–Kier alpha value is -2.60. The minimum absolute atomic E-state index is 0.0768. The molecule has 0 spiro atoms. The molecule has 26 heavy (non-hydrogen) atoms. The van der Waals surface area contributed by atoms with Crippen LogP contribution in [0.25, 0.3) is 26.7 Å². The van der Waals surface area contributed by atoms with Gasteiger partial charge in [-0.2, -0.15) is 0 Å². The van der Waals surface area contributed by atoms with E-state index in [1.54, 1.807) is 12.1 Å². The lowest BCUT2D eigenvalue weighted by atomic mass is 10.0. The number of morpholine rings is 1. The highest BCUT2D eigenvalue weighted by atomic mass is 35.5. The van der Waals surface area contributed by atoms with Crippen LogP contribution in [0.4, 0.5) is 10.7 Å². The first-order valence-corrected chi connectivity index (χ1v) is 9.10. The van der Waals surface area contributed by atoms with Gasteiger partial charge in [0.2, 0.25) is 5.69 Å². The summed E-state index contributed by atoms with van der Waals surface area (Å²) in [4.78, 5) is 9.77. The van der Waals surface area contributed by atoms with Gasteiger partial charge in [-0.05, 0) is 17.7 Å². The minimum atomic E-state index is 0.0768. The number of ether oxygens (including phenoxy) is 1. The van der Waals surface area contributed by atoms with Crippen LogP contribution in [0.1, 0.15) is 0 Å². The second-order valence-electron chi connectivity index (χ2n) is 5.67. The number of phenols is 1. The lowest BCUT2D eigenvalue weighted by Crippen LogP contribution is -2.35. The Labute approximate surface area is 158 Å². The average Bonchev–Trinajstić information content (AvgIpc) is 3.30. The number of benzene rings is 1. The fourth-order valence-electron chi connectivity index (χ4n) is 2.93. The topological polar surface area (TPSA) is 78.6 Å². The first kappa shape index (κ1) is 16.8. The van der Waals surface area contributed by atoms with E-state index in [2.05, 4.69) is 24.9 Å². The number of aromatic amines is 1. The van der Waals surface area contributed by atoms with Crippen molar-refractivity contribution in [2.45, 2.75) is 0 Å². The van der Waals surface area contributed by atoms with Crippen LogP contribution in [-0.2, 0) is 4.74 Å². The third kappa shape index (κ3) is 2.90. The van der Waals surface area contributed by atoms with Crippen molar-refractivity contribution in [3.8, 4) is 27.6 Å². The summed E-state index contributed by atoms with van der Waals surface area (Å²) in [6.45, 7) is 10.5. The van der Waals surface area contributed by atoms with Gasteiger partial charge in [0, 0.05) is 18.7 Å². The smallest absolute Gasteiger partial charge is 0.229 e. The van der Waals surface area contributed by atoms with E-state index in [1.807, 2.05) is 0 Å². The zero-order valence-electron chi connectivity index (χ0n) is 13.6. The van der Waals surface area contributed by atoms with Crippen LogP contribution in [0, 0.1) is 6.57 Å². The van der Waals surface area contributed by atoms with Crippen molar-refractivity contribution in [1.82, 2.24) is 15.2 Å². The summed E-state index contributed by atoms with van der Waals surface area (Å²) in [7, 11) is 0. The third-order valence-electron chi connectivity index (χ3n) is 4.13. The van der Waals surface area contributed by atoms with E-state index in [-0.39, 0.29) is 5.75 Å². The van der Waals surface area contributed by atoms with Crippen molar-refractivity contribution in [2.75, 3.05) is 31.2 Å². The molecule has 1 aliphatic heterocycles. The summed E-state index contributed by atoms with van der Waals surface area (Å²) >= 11 is 7.87. The van der Waals surface area contributed by atoms with Crippen LogP contribution >= 0.6 is 22.9 Å². The Morgan fingerprint density at radius 2 is 2.15 bits per heavy atom. The Morgan fingerprint density at radius 3 is 2.81 bits per heavy atom. The number of aromatic nitrogens is 3. The van der Waals surface area contributed by atoms with Crippen molar-refractivity contribution < 1.29 is 9.84 Å². The summed E-state index contributed by atoms with van der Waals surface area (Å²) in [5.41, 5.74) is 1.90. The van der Waals surface area contributed by atoms with Gasteiger partial charge in [-0.3, -0.25) is 0 Å². The molecule has 1 fully saturated rings. The molecule has 0 radical (unpaired) electrons. The van der Waals surface area contributed by atoms with Gasteiger partial charge in [-0.1, -0.05) is 17.7 Å². The lowest BCUT2D eigenvalue weighted by molar-refractivity contribution is 0.123. The van der Waals surface area contributed by atoms with Gasteiger partial charge in [0.15, 0.2) is 5.82 Å². The van der Waals surface area contributed by atoms with E-state index < -0.39 is 0 Å². The highest BCUT2D eigenvalue weighted by Crippen LogP contribution is 2.53. The molecule has 1 aromatic carbocycles. The number of anilines is 1. The van der Waals surface area contributed by atoms with Crippen molar-refractivity contribution in [2.24, 2.45) is 0 Å². The molecule has 0 amide bonds. The van der Waals surface area contributed by atoms with Crippen LogP contribution in [-0.4, -0.2) is 46.6 Å². The second-order valence-corrected chi connectivity index (χ2v) is 7.08. The number of nitrogens with one attached hydrogen (secondary N) is 1. The maximum Gasteiger partial charge on any atom is 0.229 e. The van der Waals surface area contributed by atoms with Gasteiger partial charge in [0.05, 0.1) is 34.7 Å². The number of hydrogen-bond acceptors (Lipinski definition) is 6. The molecule has 7 nitrogen and oxygen atoms in total. The van der Waals surface area contributed by atoms with Crippen LogP contribution in [0.15, 0.2) is 24.5 Å². The van der Waals surface area contributed by atoms with Crippen molar-refractivity contribution in [3.05, 3.63) is 41.0 Å². The number of rotatable bonds is 3. The summed E-state index contributed by atoms with van der Waals surface area (Å²) in [5.74, 6) is 0.659. The minimum Gasteiger partial charge on any atom is -0.508 e. The van der Waals surface area contributed by atoms with Crippen molar-refractivity contribution in [3.63, 3.8) is 0 Å². The van der Waals surface area contributed by atoms with Gasteiger partial charge in [0.1, 0.15) is 12.1 Å². The van der Waals surface area contributed by atoms with E-state index in [0.717, 1.165) is 23.0 Å². The number of H-pyrrole nitrogens is 1. The van der Waals surface area contributed by atoms with Crippen LogP contribution in [0.3, 0.4) is 0 Å². The SMILES string of the molecule is [C-]#[N+]c1c(N2CCOCC2)sc(-c2nnc[nH]2)c1-c1ccc(O)cc1Cl. The van der Waals surface area contributed by atoms with Gasteiger partial charge in [-0.15, -0.1) is 21.5 Å². The van der Waals surface area contributed by atoms with E-state index in [0.29, 0.717) is 40.9 Å². The molecular weight excluding hydrogens is 374 g/mol. The fraction of sp³-hybridized carbons (Fsp3) is 0.235. The normalized spacial score (nSPS) is 14.4. The lowest BCUT2D eigenvalue weighted by Gasteiger charge is -2.28. The molecular formula is C17H14ClN5O2S. The molecule has 3 heterocycles. The Bertz CT molecular complexity index is 974. The zero-order valence-corrected chi connectivity index (χ0v) is 15.1. The molecule has 4 rings (SSSR count). The van der Waals surface area contributed by atoms with Gasteiger partial charge < -0.3 is 19.7 Å². The van der Waals surface area contributed by atoms with Crippen LogP contribution in [0.2, 0.25) is 5.02 Å². The average molecular weight is 388 g/mol. The number of nitrogens with zero attached hydrogens (tertiary/aromatic N) is 4. The molecule has 132 valence electrons. The molecule has 0 aliphatic carbocycles. The molecule has 9 heteroatoms. The number of halogens is 1. The van der Waals surface area contributed by atoms with Gasteiger partial charge in [0.25, 0.3) is 0 Å². The maximum absolute atomic E-state index is 9.68. The third-order valence-corrected chi connectivity index (χ3v) is 5.69. The molecule has 2 N–H and O–H groups in total. The summed E-state index contributed by atoms with van der Waals surface area (Å²) in [6.07, 6.45) is 1.50. The van der Waals surface area contributed by atoms with E-state index >= 15 is 0 Å². The van der Waals surface area contributed by atoms with Crippen molar-refractivity contribution >= 4 is 33.6 Å². The van der Waals surface area contributed by atoms with E-state index in [1.165, 1.54) is 23.7 Å². The second kappa shape index (κ2) is 6.96. The number of hydrogen-bond donors (Lipinski definition) is 2. The predicted octanol–water partition coefficient (Wildman–Crippen LogP) is 3.95. The Kier molecular flexibility index (Phi) is 4.51. The van der Waals surface area contributed by atoms with Crippen LogP contribution in [0.5, 0.6) is 5.75 Å². The molecule has 1 aliphatic rings. The van der Waals surface area contributed by atoms with Crippen molar-refractivity contribution in [1.29, 1.82) is 0 Å². The zero-order chi connectivity index (χ0) is 18.1. The molecule has 0 atom stereocenters. The molecule has 0 unspecified atom stereocenters. The molecule has 1 saturated heterocycles. The Balaban J connectivity index is 1.95. The van der Waals surface area contributed by atoms with Gasteiger partial charge in [-0.25, -0.2) is 4.85 Å². The van der Waals surface area contributed by atoms with Crippen LogP contribution < -0.4 is 4.90 Å². The molecule has 0 saturated carbocycles. The van der Waals surface area contributed by atoms with E-state index in [9.17, 15) is 5.11 Å². The first-order valence-electron chi connectivity index (χ1n) is 7.91. The Morgan fingerprint density at radius 1 is 1.35 bits per heavy atom. The molecule has 3 aromatic rings. The maximum atomic E-state index is 9.68. The summed E-state index contributed by atoms with van der Waals surface area (Å²) in [6, 6.07) is 4.75. The van der Waals surface area contributed by atoms with Gasteiger partial charge >= 0.3 is 0 Å². The predicted molar refractivity (Wildman–Crippen MR) is 101 cm³/mol. The number of phenolic OH excluding ortho intramolecular Hbond substituents is 1. The fourth-order valence-corrected chi connectivity index (χ4v) is 4.46. The summed E-state index contributed by atoms with van der Waals surface area (Å²) < 4.78 is 5.43.